The number of hydrogen-bond acceptors (Lipinski definition) is 4. The largest absolute Gasteiger partial charge is 0.490 e. The Labute approximate surface area is 178 Å². The number of aromatic amines is 2. The third-order valence-electron chi connectivity index (χ3n) is 4.61. The van der Waals surface area contributed by atoms with Crippen LogP contribution in [0.5, 0.6) is 11.5 Å². The van der Waals surface area contributed by atoms with Crippen LogP contribution in [0.4, 0.5) is 5.69 Å². The zero-order valence-corrected chi connectivity index (χ0v) is 17.3. The Kier molecular flexibility index (Phi) is 5.95. The quantitative estimate of drug-likeness (QED) is 0.368. The van der Waals surface area contributed by atoms with Gasteiger partial charge in [-0.1, -0.05) is 41.9 Å². The standard InChI is InChI=1S/C23H22ClN3O3/c1-2-29-21-11-16(10-18(24)22(21)30-14-15-6-4-3-5-7-15)13-25-17-8-9-19-20(12-17)27-23(28)26-19/h3-12,25H,2,13-14H2,1H3,(H2,26,27,28). The van der Waals surface area contributed by atoms with Crippen molar-refractivity contribution < 1.29 is 9.47 Å². The molecule has 0 aliphatic rings. The van der Waals surface area contributed by atoms with Crippen molar-refractivity contribution in [3.05, 3.63) is 87.3 Å². The van der Waals surface area contributed by atoms with Gasteiger partial charge in [-0.3, -0.25) is 0 Å². The van der Waals surface area contributed by atoms with E-state index in [0.29, 0.717) is 36.3 Å². The maximum atomic E-state index is 11.4. The summed E-state index contributed by atoms with van der Waals surface area (Å²) in [6.07, 6.45) is 0. The van der Waals surface area contributed by atoms with Crippen LogP contribution >= 0.6 is 11.6 Å². The maximum Gasteiger partial charge on any atom is 0.323 e. The highest BCUT2D eigenvalue weighted by Crippen LogP contribution is 2.37. The van der Waals surface area contributed by atoms with Crippen LogP contribution in [-0.2, 0) is 13.2 Å². The molecule has 3 N–H and O–H groups in total. The lowest BCUT2D eigenvalue weighted by atomic mass is 10.2. The lowest BCUT2D eigenvalue weighted by Crippen LogP contribution is -2.04. The number of nitrogens with one attached hydrogen (secondary N) is 3. The summed E-state index contributed by atoms with van der Waals surface area (Å²) in [6, 6.07) is 19.4. The number of imidazole rings is 1. The SMILES string of the molecule is CCOc1cc(CNc2ccc3[nH]c(=O)[nH]c3c2)cc(Cl)c1OCc1ccccc1. The molecule has 0 aliphatic carbocycles. The molecule has 0 aliphatic heterocycles. The number of ether oxygens (including phenoxy) is 2. The number of fused-ring (bicyclic) bond motifs is 1. The van der Waals surface area contributed by atoms with Crippen molar-refractivity contribution in [3.63, 3.8) is 0 Å². The van der Waals surface area contributed by atoms with Gasteiger partial charge >= 0.3 is 5.69 Å². The van der Waals surface area contributed by atoms with Crippen LogP contribution in [0.15, 0.2) is 65.5 Å². The Morgan fingerprint density at radius 3 is 2.53 bits per heavy atom. The molecule has 0 atom stereocenters. The van der Waals surface area contributed by atoms with Gasteiger partial charge in [-0.15, -0.1) is 0 Å². The van der Waals surface area contributed by atoms with E-state index in [2.05, 4.69) is 15.3 Å². The summed E-state index contributed by atoms with van der Waals surface area (Å²) >= 11 is 6.52. The molecular weight excluding hydrogens is 402 g/mol. The number of H-pyrrole nitrogens is 2. The van der Waals surface area contributed by atoms with Crippen molar-refractivity contribution >= 4 is 28.3 Å². The van der Waals surface area contributed by atoms with Gasteiger partial charge in [0, 0.05) is 12.2 Å². The number of aromatic nitrogens is 2. The summed E-state index contributed by atoms with van der Waals surface area (Å²) in [6.45, 7) is 3.38. The minimum Gasteiger partial charge on any atom is -0.490 e. The number of anilines is 1. The molecule has 0 saturated heterocycles. The molecule has 0 bridgehead atoms. The first-order valence-electron chi connectivity index (χ1n) is 9.70. The molecule has 0 amide bonds. The van der Waals surface area contributed by atoms with E-state index in [9.17, 15) is 4.79 Å². The highest BCUT2D eigenvalue weighted by atomic mass is 35.5. The number of rotatable bonds is 8. The molecule has 1 aromatic heterocycles. The van der Waals surface area contributed by atoms with Crippen LogP contribution in [0.25, 0.3) is 11.0 Å². The molecule has 154 valence electrons. The summed E-state index contributed by atoms with van der Waals surface area (Å²) in [5, 5.41) is 3.84. The fourth-order valence-electron chi connectivity index (χ4n) is 3.20. The van der Waals surface area contributed by atoms with Gasteiger partial charge in [-0.25, -0.2) is 4.79 Å². The van der Waals surface area contributed by atoms with Crippen molar-refractivity contribution in [2.45, 2.75) is 20.1 Å². The van der Waals surface area contributed by atoms with Gasteiger partial charge in [-0.2, -0.15) is 0 Å². The second-order valence-electron chi connectivity index (χ2n) is 6.81. The minimum atomic E-state index is -0.221. The summed E-state index contributed by atoms with van der Waals surface area (Å²) in [4.78, 5) is 16.9. The summed E-state index contributed by atoms with van der Waals surface area (Å²) in [5.74, 6) is 1.15. The molecule has 0 spiro atoms. The fraction of sp³-hybridized carbons (Fsp3) is 0.174. The molecule has 7 heteroatoms. The first-order valence-corrected chi connectivity index (χ1v) is 10.1. The predicted molar refractivity (Wildman–Crippen MR) is 120 cm³/mol. The molecule has 0 unspecified atom stereocenters. The van der Waals surface area contributed by atoms with Gasteiger partial charge in [0.2, 0.25) is 0 Å². The average Bonchev–Trinajstić information content (AvgIpc) is 3.12. The van der Waals surface area contributed by atoms with Crippen LogP contribution in [0.2, 0.25) is 5.02 Å². The summed E-state index contributed by atoms with van der Waals surface area (Å²) in [7, 11) is 0. The fourth-order valence-corrected chi connectivity index (χ4v) is 3.49. The van der Waals surface area contributed by atoms with Gasteiger partial charge in [0.05, 0.1) is 22.7 Å². The molecule has 4 rings (SSSR count). The van der Waals surface area contributed by atoms with Crippen molar-refractivity contribution in [2.75, 3.05) is 11.9 Å². The van der Waals surface area contributed by atoms with Gasteiger partial charge in [0.1, 0.15) is 6.61 Å². The Morgan fingerprint density at radius 2 is 1.73 bits per heavy atom. The molecule has 1 heterocycles. The zero-order valence-electron chi connectivity index (χ0n) is 16.5. The lowest BCUT2D eigenvalue weighted by Gasteiger charge is -2.16. The van der Waals surface area contributed by atoms with Crippen LogP contribution in [0, 0.1) is 0 Å². The highest BCUT2D eigenvalue weighted by molar-refractivity contribution is 6.32. The van der Waals surface area contributed by atoms with E-state index < -0.39 is 0 Å². The first-order chi connectivity index (χ1) is 14.6. The number of benzene rings is 3. The van der Waals surface area contributed by atoms with E-state index in [1.807, 2.05) is 67.6 Å². The molecule has 0 radical (unpaired) electrons. The molecule has 0 fully saturated rings. The van der Waals surface area contributed by atoms with E-state index in [4.69, 9.17) is 21.1 Å². The van der Waals surface area contributed by atoms with Crippen LogP contribution in [-0.4, -0.2) is 16.6 Å². The first kappa shape index (κ1) is 19.9. The van der Waals surface area contributed by atoms with Crippen molar-refractivity contribution in [1.82, 2.24) is 9.97 Å². The van der Waals surface area contributed by atoms with Crippen LogP contribution in [0.3, 0.4) is 0 Å². The Hall–Kier alpha value is -3.38. The predicted octanol–water partition coefficient (Wildman–Crippen LogP) is 5.10. The average molecular weight is 424 g/mol. The maximum absolute atomic E-state index is 11.4. The molecule has 6 nitrogen and oxygen atoms in total. The lowest BCUT2D eigenvalue weighted by molar-refractivity contribution is 0.269. The molecular formula is C23H22ClN3O3. The smallest absolute Gasteiger partial charge is 0.323 e. The van der Waals surface area contributed by atoms with Crippen molar-refractivity contribution in [1.29, 1.82) is 0 Å². The van der Waals surface area contributed by atoms with Crippen LogP contribution in [0.1, 0.15) is 18.1 Å². The second kappa shape index (κ2) is 8.97. The number of hydrogen-bond donors (Lipinski definition) is 3. The van der Waals surface area contributed by atoms with E-state index in [1.54, 1.807) is 0 Å². The normalized spacial score (nSPS) is 10.9. The molecule has 0 saturated carbocycles. The van der Waals surface area contributed by atoms with Gasteiger partial charge in [0.25, 0.3) is 0 Å². The van der Waals surface area contributed by atoms with E-state index >= 15 is 0 Å². The second-order valence-corrected chi connectivity index (χ2v) is 7.21. The van der Waals surface area contributed by atoms with E-state index in [-0.39, 0.29) is 5.69 Å². The van der Waals surface area contributed by atoms with Crippen molar-refractivity contribution in [2.24, 2.45) is 0 Å². The number of halogens is 1. The summed E-state index contributed by atoms with van der Waals surface area (Å²) < 4.78 is 11.7. The van der Waals surface area contributed by atoms with E-state index in [0.717, 1.165) is 27.8 Å². The molecule has 3 aromatic carbocycles. The van der Waals surface area contributed by atoms with Crippen LogP contribution < -0.4 is 20.5 Å². The zero-order chi connectivity index (χ0) is 20.9. The Balaban J connectivity index is 1.50. The van der Waals surface area contributed by atoms with E-state index in [1.165, 1.54) is 0 Å². The topological polar surface area (TPSA) is 79.1 Å². The minimum absolute atomic E-state index is 0.221. The molecule has 30 heavy (non-hydrogen) atoms. The Morgan fingerprint density at radius 1 is 0.933 bits per heavy atom. The van der Waals surface area contributed by atoms with Gasteiger partial charge < -0.3 is 24.8 Å². The van der Waals surface area contributed by atoms with Gasteiger partial charge in [0.15, 0.2) is 11.5 Å². The Bertz CT molecular complexity index is 1200. The van der Waals surface area contributed by atoms with Gasteiger partial charge in [-0.05, 0) is 48.4 Å². The summed E-state index contributed by atoms with van der Waals surface area (Å²) in [5.41, 5.74) is 4.20. The third-order valence-corrected chi connectivity index (χ3v) is 4.89. The highest BCUT2D eigenvalue weighted by Gasteiger charge is 2.13. The monoisotopic (exact) mass is 423 g/mol. The molecule has 4 aromatic rings. The van der Waals surface area contributed by atoms with Crippen molar-refractivity contribution in [3.8, 4) is 11.5 Å². The third kappa shape index (κ3) is 4.60.